The summed E-state index contributed by atoms with van der Waals surface area (Å²) in [7, 11) is 0. The number of carboxylic acids is 1. The molecule has 3 nitrogen and oxygen atoms in total. The number of rotatable bonds is 2. The van der Waals surface area contributed by atoms with E-state index in [4.69, 9.17) is 5.11 Å². The lowest BCUT2D eigenvalue weighted by atomic mass is 10.2. The number of hydrogen-bond acceptors (Lipinski definition) is 3. The molecule has 0 saturated heterocycles. The standard InChI is InChI=1S/C7H11NO2S/c1-5-4-11-7(2,8-5)3-6(9)10/h3-4H2,1-2H3,(H,9,10). The Morgan fingerprint density at radius 1 is 1.91 bits per heavy atom. The number of hydrogen-bond donors (Lipinski definition) is 1. The highest BCUT2D eigenvalue weighted by Crippen LogP contribution is 2.35. The summed E-state index contributed by atoms with van der Waals surface area (Å²) < 4.78 is 0. The Bertz CT molecular complexity index is 214. The minimum Gasteiger partial charge on any atom is -0.481 e. The van der Waals surface area contributed by atoms with Gasteiger partial charge < -0.3 is 5.11 Å². The Labute approximate surface area is 69.9 Å². The van der Waals surface area contributed by atoms with Crippen molar-refractivity contribution in [1.82, 2.24) is 0 Å². The molecule has 0 saturated carbocycles. The first kappa shape index (κ1) is 8.59. The summed E-state index contributed by atoms with van der Waals surface area (Å²) in [6.07, 6.45) is 0.120. The summed E-state index contributed by atoms with van der Waals surface area (Å²) in [6.45, 7) is 3.79. The lowest BCUT2D eigenvalue weighted by Crippen LogP contribution is -2.18. The van der Waals surface area contributed by atoms with Crippen LogP contribution in [-0.2, 0) is 4.79 Å². The second-order valence-corrected chi connectivity index (χ2v) is 4.34. The van der Waals surface area contributed by atoms with Gasteiger partial charge in [-0.3, -0.25) is 9.79 Å². The van der Waals surface area contributed by atoms with E-state index in [1.54, 1.807) is 11.8 Å². The quantitative estimate of drug-likeness (QED) is 0.686. The molecule has 62 valence electrons. The third kappa shape index (κ3) is 2.22. The number of aliphatic imine (C=N–C) groups is 1. The predicted octanol–water partition coefficient (Wildman–Crippen LogP) is 1.39. The molecule has 0 spiro atoms. The maximum Gasteiger partial charge on any atom is 0.306 e. The van der Waals surface area contributed by atoms with Gasteiger partial charge in [-0.2, -0.15) is 0 Å². The van der Waals surface area contributed by atoms with Gasteiger partial charge in [0, 0.05) is 11.5 Å². The van der Waals surface area contributed by atoms with Crippen LogP contribution in [0.25, 0.3) is 0 Å². The largest absolute Gasteiger partial charge is 0.481 e. The lowest BCUT2D eigenvalue weighted by molar-refractivity contribution is -0.137. The fourth-order valence-electron chi connectivity index (χ4n) is 1.10. The summed E-state index contributed by atoms with van der Waals surface area (Å²) in [6, 6.07) is 0. The van der Waals surface area contributed by atoms with E-state index in [0.717, 1.165) is 11.5 Å². The maximum absolute atomic E-state index is 10.4. The van der Waals surface area contributed by atoms with Gasteiger partial charge in [-0.15, -0.1) is 11.8 Å². The summed E-state index contributed by atoms with van der Waals surface area (Å²) in [4.78, 5) is 14.2. The van der Waals surface area contributed by atoms with Crippen LogP contribution in [0, 0.1) is 0 Å². The summed E-state index contributed by atoms with van der Waals surface area (Å²) >= 11 is 1.60. The normalized spacial score (nSPS) is 30.2. The van der Waals surface area contributed by atoms with Gasteiger partial charge in [0.15, 0.2) is 0 Å². The van der Waals surface area contributed by atoms with Gasteiger partial charge in [0.25, 0.3) is 0 Å². The lowest BCUT2D eigenvalue weighted by Gasteiger charge is -2.15. The van der Waals surface area contributed by atoms with E-state index in [2.05, 4.69) is 4.99 Å². The zero-order valence-electron chi connectivity index (χ0n) is 6.63. The van der Waals surface area contributed by atoms with Crippen LogP contribution in [-0.4, -0.2) is 27.4 Å². The van der Waals surface area contributed by atoms with Crippen molar-refractivity contribution in [3.63, 3.8) is 0 Å². The van der Waals surface area contributed by atoms with Gasteiger partial charge in [0.05, 0.1) is 6.42 Å². The molecule has 1 N–H and O–H groups in total. The first-order valence-electron chi connectivity index (χ1n) is 3.43. The zero-order chi connectivity index (χ0) is 8.48. The Kier molecular flexibility index (Phi) is 2.23. The minimum atomic E-state index is -0.779. The number of aliphatic carboxylic acids is 1. The molecule has 0 radical (unpaired) electrons. The van der Waals surface area contributed by atoms with Crippen molar-refractivity contribution in [1.29, 1.82) is 0 Å². The van der Waals surface area contributed by atoms with Gasteiger partial charge in [-0.25, -0.2) is 0 Å². The molecule has 11 heavy (non-hydrogen) atoms. The zero-order valence-corrected chi connectivity index (χ0v) is 7.44. The number of carboxylic acid groups (broad SMARTS) is 1. The summed E-state index contributed by atoms with van der Waals surface area (Å²) in [5.74, 6) is 0.0856. The molecule has 0 aromatic carbocycles. The molecule has 0 fully saturated rings. The third-order valence-corrected chi connectivity index (χ3v) is 2.92. The SMILES string of the molecule is CC1=NC(C)(CC(=O)O)SC1. The molecule has 4 heteroatoms. The van der Waals surface area contributed by atoms with Crippen LogP contribution >= 0.6 is 11.8 Å². The molecule has 1 rings (SSSR count). The fraction of sp³-hybridized carbons (Fsp3) is 0.714. The van der Waals surface area contributed by atoms with E-state index < -0.39 is 10.8 Å². The average molecular weight is 173 g/mol. The van der Waals surface area contributed by atoms with Gasteiger partial charge in [0.1, 0.15) is 4.87 Å². The first-order valence-corrected chi connectivity index (χ1v) is 4.41. The van der Waals surface area contributed by atoms with Crippen LogP contribution in [0.5, 0.6) is 0 Å². The molecule has 1 atom stereocenters. The van der Waals surface area contributed by atoms with Crippen LogP contribution in [0.15, 0.2) is 4.99 Å². The van der Waals surface area contributed by atoms with Crippen LogP contribution < -0.4 is 0 Å². The number of carbonyl (C=O) groups is 1. The van der Waals surface area contributed by atoms with Gasteiger partial charge in [-0.1, -0.05) is 0 Å². The highest BCUT2D eigenvalue weighted by Gasteiger charge is 2.31. The second-order valence-electron chi connectivity index (χ2n) is 2.88. The highest BCUT2D eigenvalue weighted by molar-refractivity contribution is 8.01. The van der Waals surface area contributed by atoms with E-state index >= 15 is 0 Å². The Hall–Kier alpha value is -0.510. The van der Waals surface area contributed by atoms with E-state index in [1.165, 1.54) is 0 Å². The van der Waals surface area contributed by atoms with Crippen molar-refractivity contribution in [2.75, 3.05) is 5.75 Å². The summed E-state index contributed by atoms with van der Waals surface area (Å²) in [5.41, 5.74) is 1.04. The van der Waals surface area contributed by atoms with Crippen LogP contribution in [0.2, 0.25) is 0 Å². The van der Waals surface area contributed by atoms with Crippen LogP contribution in [0.4, 0.5) is 0 Å². The molecule has 0 aromatic heterocycles. The first-order chi connectivity index (χ1) is 5.02. The Balaban J connectivity index is 2.62. The third-order valence-electron chi connectivity index (χ3n) is 1.50. The predicted molar refractivity (Wildman–Crippen MR) is 46.2 cm³/mol. The minimum absolute atomic E-state index is 0.120. The van der Waals surface area contributed by atoms with E-state index in [1.807, 2.05) is 13.8 Å². The van der Waals surface area contributed by atoms with Crippen molar-refractivity contribution in [3.8, 4) is 0 Å². The van der Waals surface area contributed by atoms with Gasteiger partial charge >= 0.3 is 5.97 Å². The molecular formula is C7H11NO2S. The molecular weight excluding hydrogens is 162 g/mol. The topological polar surface area (TPSA) is 49.7 Å². The van der Waals surface area contributed by atoms with Gasteiger partial charge in [-0.05, 0) is 13.8 Å². The smallest absolute Gasteiger partial charge is 0.306 e. The molecule has 0 aromatic rings. The average Bonchev–Trinajstić information content (AvgIpc) is 2.08. The molecule has 0 bridgehead atoms. The molecule has 0 amide bonds. The van der Waals surface area contributed by atoms with Crippen molar-refractivity contribution >= 4 is 23.4 Å². The molecule has 1 heterocycles. The van der Waals surface area contributed by atoms with Crippen LogP contribution in [0.3, 0.4) is 0 Å². The Morgan fingerprint density at radius 2 is 2.55 bits per heavy atom. The van der Waals surface area contributed by atoms with Crippen LogP contribution in [0.1, 0.15) is 20.3 Å². The van der Waals surface area contributed by atoms with E-state index in [-0.39, 0.29) is 6.42 Å². The monoisotopic (exact) mass is 173 g/mol. The second kappa shape index (κ2) is 2.85. The molecule has 1 aliphatic rings. The van der Waals surface area contributed by atoms with Gasteiger partial charge in [0.2, 0.25) is 0 Å². The van der Waals surface area contributed by atoms with Crippen molar-refractivity contribution in [3.05, 3.63) is 0 Å². The van der Waals surface area contributed by atoms with E-state index in [9.17, 15) is 4.79 Å². The number of nitrogens with zero attached hydrogens (tertiary/aromatic N) is 1. The molecule has 1 unspecified atom stereocenters. The van der Waals surface area contributed by atoms with E-state index in [0.29, 0.717) is 0 Å². The van der Waals surface area contributed by atoms with Crippen molar-refractivity contribution in [2.24, 2.45) is 4.99 Å². The number of thioether (sulfide) groups is 1. The Morgan fingerprint density at radius 3 is 2.91 bits per heavy atom. The molecule has 1 aliphatic heterocycles. The highest BCUT2D eigenvalue weighted by atomic mass is 32.2. The molecule has 0 aliphatic carbocycles. The van der Waals surface area contributed by atoms with Crippen molar-refractivity contribution in [2.45, 2.75) is 25.1 Å². The maximum atomic E-state index is 10.4. The fourth-order valence-corrected chi connectivity index (χ4v) is 2.13. The summed E-state index contributed by atoms with van der Waals surface area (Å²) in [5, 5.41) is 8.54. The van der Waals surface area contributed by atoms with Crippen molar-refractivity contribution < 1.29 is 9.90 Å².